The average Bonchev–Trinajstić information content (AvgIpc) is 3.10. The summed E-state index contributed by atoms with van der Waals surface area (Å²) in [5.41, 5.74) is 3.35. The molecule has 0 unspecified atom stereocenters. The first-order valence-electron chi connectivity index (χ1n) is 7.10. The highest BCUT2D eigenvalue weighted by molar-refractivity contribution is 6.30. The van der Waals surface area contributed by atoms with Gasteiger partial charge in [0.2, 0.25) is 0 Å². The second-order valence-electron chi connectivity index (χ2n) is 5.23. The Bertz CT molecular complexity index is 857. The lowest BCUT2D eigenvalue weighted by Crippen LogP contribution is -2.05. The molecule has 0 radical (unpaired) electrons. The van der Waals surface area contributed by atoms with Crippen molar-refractivity contribution in [2.24, 2.45) is 0 Å². The highest BCUT2D eigenvalue weighted by Crippen LogP contribution is 2.35. The minimum absolute atomic E-state index is 0.292. The third kappa shape index (κ3) is 2.07. The number of para-hydroxylation sites is 1. The summed E-state index contributed by atoms with van der Waals surface area (Å²) in [7, 11) is 0. The van der Waals surface area contributed by atoms with Crippen molar-refractivity contribution >= 4 is 17.4 Å². The molecule has 3 nitrogen and oxygen atoms in total. The zero-order valence-corrected chi connectivity index (χ0v) is 12.4. The molecule has 1 aliphatic heterocycles. The molecule has 0 fully saturated rings. The summed E-state index contributed by atoms with van der Waals surface area (Å²) in [5.74, 6) is 0.569. The lowest BCUT2D eigenvalue weighted by atomic mass is 10.1. The number of anilines is 1. The molecule has 110 valence electrons. The monoisotopic (exact) mass is 313 g/mol. The van der Waals surface area contributed by atoms with Gasteiger partial charge in [-0.15, -0.1) is 0 Å². The summed E-state index contributed by atoms with van der Waals surface area (Å²) in [6, 6.07) is 14.2. The van der Waals surface area contributed by atoms with E-state index in [4.69, 9.17) is 11.6 Å². The molecule has 0 bridgehead atoms. The molecule has 2 aromatic carbocycles. The van der Waals surface area contributed by atoms with Crippen LogP contribution in [0.5, 0.6) is 0 Å². The number of aromatic nitrogens is 2. The van der Waals surface area contributed by atoms with Crippen LogP contribution in [-0.4, -0.2) is 16.3 Å². The number of hydrogen-bond donors (Lipinski definition) is 1. The van der Waals surface area contributed by atoms with Crippen LogP contribution in [-0.2, 0) is 6.42 Å². The summed E-state index contributed by atoms with van der Waals surface area (Å²) >= 11 is 6.08. The van der Waals surface area contributed by atoms with Gasteiger partial charge in [-0.25, -0.2) is 9.07 Å². The van der Waals surface area contributed by atoms with E-state index in [2.05, 4.69) is 10.4 Å². The largest absolute Gasteiger partial charge is 0.369 e. The second-order valence-corrected chi connectivity index (χ2v) is 5.66. The first kappa shape index (κ1) is 13.3. The molecule has 1 aromatic heterocycles. The lowest BCUT2D eigenvalue weighted by Gasteiger charge is -2.07. The van der Waals surface area contributed by atoms with E-state index >= 15 is 0 Å². The van der Waals surface area contributed by atoms with Crippen molar-refractivity contribution in [3.05, 3.63) is 64.9 Å². The van der Waals surface area contributed by atoms with E-state index in [1.807, 2.05) is 24.3 Å². The molecule has 1 N–H and O–H groups in total. The number of nitrogens with one attached hydrogen (secondary N) is 1. The van der Waals surface area contributed by atoms with E-state index in [0.29, 0.717) is 10.7 Å². The molecular weight excluding hydrogens is 301 g/mol. The maximum atomic E-state index is 14.1. The van der Waals surface area contributed by atoms with Crippen molar-refractivity contribution in [1.29, 1.82) is 0 Å². The fourth-order valence-corrected chi connectivity index (χ4v) is 3.03. The van der Waals surface area contributed by atoms with Gasteiger partial charge in [0.15, 0.2) is 0 Å². The average molecular weight is 314 g/mol. The van der Waals surface area contributed by atoms with Crippen LogP contribution in [0.4, 0.5) is 10.2 Å². The molecule has 0 spiro atoms. The number of halogens is 2. The highest BCUT2D eigenvalue weighted by Gasteiger charge is 2.24. The molecule has 1 aliphatic rings. The Hall–Kier alpha value is -2.33. The summed E-state index contributed by atoms with van der Waals surface area (Å²) in [6.45, 7) is 0.829. The molecule has 0 amide bonds. The molecule has 0 saturated carbocycles. The standard InChI is InChI=1S/C17H13ClFN3/c18-12-5-3-4-11(10-12)16-13-8-9-20-17(13)22(21-16)15-7-2-1-6-14(15)19/h1-7,10,20H,8-9H2. The van der Waals surface area contributed by atoms with Crippen LogP contribution in [0.3, 0.4) is 0 Å². The van der Waals surface area contributed by atoms with Crippen LogP contribution in [0, 0.1) is 5.82 Å². The minimum atomic E-state index is -0.292. The Kier molecular flexibility index (Phi) is 3.12. The summed E-state index contributed by atoms with van der Waals surface area (Å²) in [4.78, 5) is 0. The molecule has 5 heteroatoms. The van der Waals surface area contributed by atoms with Crippen LogP contribution in [0.2, 0.25) is 5.02 Å². The maximum absolute atomic E-state index is 14.1. The number of rotatable bonds is 2. The van der Waals surface area contributed by atoms with E-state index in [1.165, 1.54) is 6.07 Å². The lowest BCUT2D eigenvalue weighted by molar-refractivity contribution is 0.612. The van der Waals surface area contributed by atoms with E-state index in [9.17, 15) is 4.39 Å². The first-order valence-corrected chi connectivity index (χ1v) is 7.48. The van der Waals surface area contributed by atoms with Crippen molar-refractivity contribution in [2.75, 3.05) is 11.9 Å². The van der Waals surface area contributed by atoms with Crippen LogP contribution >= 0.6 is 11.6 Å². The summed E-state index contributed by atoms with van der Waals surface area (Å²) in [6.07, 6.45) is 0.867. The molecule has 3 aromatic rings. The summed E-state index contributed by atoms with van der Waals surface area (Å²) < 4.78 is 15.8. The zero-order chi connectivity index (χ0) is 15.1. The van der Waals surface area contributed by atoms with Crippen molar-refractivity contribution in [1.82, 2.24) is 9.78 Å². The highest BCUT2D eigenvalue weighted by atomic mass is 35.5. The number of hydrogen-bond acceptors (Lipinski definition) is 2. The van der Waals surface area contributed by atoms with Crippen LogP contribution in [0.15, 0.2) is 48.5 Å². The minimum Gasteiger partial charge on any atom is -0.369 e. The second kappa shape index (κ2) is 5.14. The van der Waals surface area contributed by atoms with Crippen molar-refractivity contribution in [2.45, 2.75) is 6.42 Å². The summed E-state index contributed by atoms with van der Waals surface area (Å²) in [5, 5.41) is 8.59. The third-order valence-corrected chi connectivity index (χ3v) is 4.06. The zero-order valence-electron chi connectivity index (χ0n) is 11.7. The normalized spacial score (nSPS) is 13.0. The molecular formula is C17H13ClFN3. The van der Waals surface area contributed by atoms with Gasteiger partial charge in [0.1, 0.15) is 17.3 Å². The van der Waals surface area contributed by atoms with Crippen molar-refractivity contribution in [3.63, 3.8) is 0 Å². The van der Waals surface area contributed by atoms with Gasteiger partial charge >= 0.3 is 0 Å². The van der Waals surface area contributed by atoms with E-state index in [1.54, 1.807) is 22.9 Å². The number of benzene rings is 2. The van der Waals surface area contributed by atoms with Gasteiger partial charge in [-0.3, -0.25) is 0 Å². The quantitative estimate of drug-likeness (QED) is 0.764. The Morgan fingerprint density at radius 1 is 1.14 bits per heavy atom. The smallest absolute Gasteiger partial charge is 0.148 e. The number of fused-ring (bicyclic) bond motifs is 1. The van der Waals surface area contributed by atoms with Crippen LogP contribution < -0.4 is 5.32 Å². The van der Waals surface area contributed by atoms with Crippen LogP contribution in [0.25, 0.3) is 16.9 Å². The van der Waals surface area contributed by atoms with Gasteiger partial charge in [0, 0.05) is 22.7 Å². The van der Waals surface area contributed by atoms with Gasteiger partial charge in [-0.1, -0.05) is 35.9 Å². The van der Waals surface area contributed by atoms with Crippen molar-refractivity contribution in [3.8, 4) is 16.9 Å². The third-order valence-electron chi connectivity index (χ3n) is 3.83. The first-order chi connectivity index (χ1) is 10.7. The Balaban J connectivity index is 1.93. The Morgan fingerprint density at radius 2 is 2.00 bits per heavy atom. The van der Waals surface area contributed by atoms with Crippen LogP contribution in [0.1, 0.15) is 5.56 Å². The molecule has 0 atom stereocenters. The van der Waals surface area contributed by atoms with Gasteiger partial charge in [0.05, 0.1) is 5.69 Å². The topological polar surface area (TPSA) is 29.9 Å². The van der Waals surface area contributed by atoms with Gasteiger partial charge < -0.3 is 5.32 Å². The van der Waals surface area contributed by atoms with E-state index < -0.39 is 0 Å². The molecule has 0 aliphatic carbocycles. The fraction of sp³-hybridized carbons (Fsp3) is 0.118. The fourth-order valence-electron chi connectivity index (χ4n) is 2.84. The SMILES string of the molecule is Fc1ccccc1-n1nc(-c2cccc(Cl)c2)c2c1NCC2. The molecule has 22 heavy (non-hydrogen) atoms. The van der Waals surface area contributed by atoms with Gasteiger partial charge in [-0.2, -0.15) is 5.10 Å². The van der Waals surface area contributed by atoms with Crippen molar-refractivity contribution < 1.29 is 4.39 Å². The van der Waals surface area contributed by atoms with Gasteiger partial charge in [-0.05, 0) is 30.7 Å². The molecule has 4 rings (SSSR count). The number of nitrogens with zero attached hydrogens (tertiary/aromatic N) is 2. The Morgan fingerprint density at radius 3 is 2.82 bits per heavy atom. The Labute approximate surface area is 132 Å². The van der Waals surface area contributed by atoms with E-state index in [-0.39, 0.29) is 5.82 Å². The molecule has 2 heterocycles. The molecule has 0 saturated heterocycles. The van der Waals surface area contributed by atoms with Gasteiger partial charge in [0.25, 0.3) is 0 Å². The predicted molar refractivity (Wildman–Crippen MR) is 86.2 cm³/mol. The maximum Gasteiger partial charge on any atom is 0.148 e. The predicted octanol–water partition coefficient (Wildman–Crippen LogP) is 4.30. The van der Waals surface area contributed by atoms with E-state index in [0.717, 1.165) is 35.6 Å².